The van der Waals surface area contributed by atoms with Crippen molar-refractivity contribution in [3.05, 3.63) is 29.3 Å². The number of anilines is 1. The van der Waals surface area contributed by atoms with E-state index in [2.05, 4.69) is 23.5 Å². The molecule has 1 aliphatic carbocycles. The highest BCUT2D eigenvalue weighted by Crippen LogP contribution is 2.47. The van der Waals surface area contributed by atoms with Crippen molar-refractivity contribution in [1.82, 2.24) is 5.32 Å². The predicted octanol–water partition coefficient (Wildman–Crippen LogP) is 5.64. The third kappa shape index (κ3) is 5.79. The Morgan fingerprint density at radius 2 is 1.61 bits per heavy atom. The topological polar surface area (TPSA) is 58.6 Å². The zero-order chi connectivity index (χ0) is 23.1. The SMILES string of the molecule is CC(=O)OCN1C(=O)C2(CCNCC2)c2cc(CC3CCCCCCCCCCC3)ccc21. The number of hydrogen-bond acceptors (Lipinski definition) is 4. The quantitative estimate of drug-likeness (QED) is 0.598. The lowest BCUT2D eigenvalue weighted by Crippen LogP contribution is -2.47. The van der Waals surface area contributed by atoms with Gasteiger partial charge in [0.2, 0.25) is 5.91 Å². The molecule has 182 valence electrons. The van der Waals surface area contributed by atoms with Gasteiger partial charge in [-0.25, -0.2) is 0 Å². The molecule has 1 aromatic carbocycles. The van der Waals surface area contributed by atoms with Crippen molar-refractivity contribution in [3.63, 3.8) is 0 Å². The van der Waals surface area contributed by atoms with Crippen molar-refractivity contribution in [2.45, 2.75) is 102 Å². The van der Waals surface area contributed by atoms with E-state index in [1.54, 1.807) is 4.90 Å². The highest BCUT2D eigenvalue weighted by Gasteiger charge is 2.51. The summed E-state index contributed by atoms with van der Waals surface area (Å²) in [5.41, 5.74) is 2.99. The van der Waals surface area contributed by atoms with Gasteiger partial charge in [0.15, 0.2) is 6.73 Å². The molecule has 1 saturated carbocycles. The van der Waals surface area contributed by atoms with E-state index in [4.69, 9.17) is 4.74 Å². The number of hydrogen-bond donors (Lipinski definition) is 1. The Bertz CT molecular complexity index is 803. The first-order valence-corrected chi connectivity index (χ1v) is 13.4. The van der Waals surface area contributed by atoms with Gasteiger partial charge in [-0.05, 0) is 55.5 Å². The lowest BCUT2D eigenvalue weighted by Gasteiger charge is -2.33. The van der Waals surface area contributed by atoms with Crippen LogP contribution < -0.4 is 10.2 Å². The number of carbonyl (C=O) groups excluding carboxylic acids is 2. The van der Waals surface area contributed by atoms with Crippen LogP contribution in [0, 0.1) is 5.92 Å². The van der Waals surface area contributed by atoms with E-state index in [-0.39, 0.29) is 18.6 Å². The molecule has 1 amide bonds. The van der Waals surface area contributed by atoms with Gasteiger partial charge < -0.3 is 10.1 Å². The van der Waals surface area contributed by atoms with Crippen LogP contribution >= 0.6 is 0 Å². The summed E-state index contributed by atoms with van der Waals surface area (Å²) >= 11 is 0. The Hall–Kier alpha value is -1.88. The number of nitrogens with one attached hydrogen (secondary N) is 1. The second kappa shape index (κ2) is 11.5. The van der Waals surface area contributed by atoms with Crippen LogP contribution in [-0.2, 0) is 26.2 Å². The van der Waals surface area contributed by atoms with E-state index >= 15 is 0 Å². The molecule has 5 nitrogen and oxygen atoms in total. The van der Waals surface area contributed by atoms with Crippen molar-refractivity contribution < 1.29 is 14.3 Å². The van der Waals surface area contributed by atoms with E-state index in [0.717, 1.165) is 49.5 Å². The molecule has 0 aromatic heterocycles. The number of piperidine rings is 1. The number of benzene rings is 1. The summed E-state index contributed by atoms with van der Waals surface area (Å²) in [5.74, 6) is 0.485. The highest BCUT2D eigenvalue weighted by atomic mass is 16.5. The van der Waals surface area contributed by atoms with Gasteiger partial charge in [-0.1, -0.05) is 82.8 Å². The number of amides is 1. The molecule has 1 saturated heterocycles. The standard InChI is InChI=1S/C28H42N2O3/c1-22(31)33-21-30-26-14-13-24(20-25(26)28(27(30)32)15-17-29-18-16-28)19-23-11-9-7-5-3-2-4-6-8-10-12-23/h13-14,20,23,29H,2-12,15-19,21H2,1H3. The van der Waals surface area contributed by atoms with Gasteiger partial charge in [0, 0.05) is 6.92 Å². The molecular formula is C28H42N2O3. The molecule has 0 unspecified atom stereocenters. The maximum atomic E-state index is 13.6. The fourth-order valence-corrected chi connectivity index (χ4v) is 6.22. The first-order chi connectivity index (χ1) is 16.1. The second-order valence-corrected chi connectivity index (χ2v) is 10.5. The normalized spacial score (nSPS) is 22.5. The molecule has 5 heteroatoms. The largest absolute Gasteiger partial charge is 0.444 e. The number of nitrogens with zero attached hydrogens (tertiary/aromatic N) is 1. The molecule has 2 fully saturated rings. The molecule has 3 aliphatic rings. The minimum Gasteiger partial charge on any atom is -0.444 e. The van der Waals surface area contributed by atoms with Gasteiger partial charge in [0.25, 0.3) is 0 Å². The van der Waals surface area contributed by atoms with Crippen molar-refractivity contribution in [1.29, 1.82) is 0 Å². The van der Waals surface area contributed by atoms with E-state index in [0.29, 0.717) is 0 Å². The minimum absolute atomic E-state index is 0.0122. The van der Waals surface area contributed by atoms with Gasteiger partial charge >= 0.3 is 5.97 Å². The second-order valence-electron chi connectivity index (χ2n) is 10.5. The maximum absolute atomic E-state index is 13.6. The summed E-state index contributed by atoms with van der Waals surface area (Å²) in [5, 5.41) is 3.41. The average Bonchev–Trinajstić information content (AvgIpc) is 3.02. The maximum Gasteiger partial charge on any atom is 0.304 e. The summed E-state index contributed by atoms with van der Waals surface area (Å²) in [6.07, 6.45) is 17.8. The van der Waals surface area contributed by atoms with Gasteiger partial charge in [0.1, 0.15) is 0 Å². The number of carbonyl (C=O) groups is 2. The number of fused-ring (bicyclic) bond motifs is 2. The average molecular weight is 455 g/mol. The zero-order valence-corrected chi connectivity index (χ0v) is 20.5. The van der Waals surface area contributed by atoms with E-state index in [1.807, 2.05) is 0 Å². The van der Waals surface area contributed by atoms with Gasteiger partial charge in [-0.3, -0.25) is 14.5 Å². The Morgan fingerprint density at radius 1 is 1.00 bits per heavy atom. The highest BCUT2D eigenvalue weighted by molar-refractivity contribution is 6.08. The third-order valence-corrected chi connectivity index (χ3v) is 8.13. The summed E-state index contributed by atoms with van der Waals surface area (Å²) < 4.78 is 5.26. The number of esters is 1. The molecule has 2 heterocycles. The van der Waals surface area contributed by atoms with Crippen LogP contribution in [0.3, 0.4) is 0 Å². The van der Waals surface area contributed by atoms with Crippen molar-refractivity contribution in [2.24, 2.45) is 5.92 Å². The molecule has 1 spiro atoms. The van der Waals surface area contributed by atoms with Crippen LogP contribution in [0.5, 0.6) is 0 Å². The van der Waals surface area contributed by atoms with E-state index < -0.39 is 5.41 Å². The van der Waals surface area contributed by atoms with Crippen LogP contribution in [0.1, 0.15) is 102 Å². The molecular weight excluding hydrogens is 412 g/mol. The summed E-state index contributed by atoms with van der Waals surface area (Å²) in [7, 11) is 0. The zero-order valence-electron chi connectivity index (χ0n) is 20.5. The third-order valence-electron chi connectivity index (χ3n) is 8.13. The molecule has 0 atom stereocenters. The molecule has 1 aromatic rings. The molecule has 4 rings (SSSR count). The van der Waals surface area contributed by atoms with E-state index in [1.165, 1.54) is 83.1 Å². The van der Waals surface area contributed by atoms with Crippen molar-refractivity contribution >= 4 is 17.6 Å². The predicted molar refractivity (Wildman–Crippen MR) is 132 cm³/mol. The summed E-state index contributed by atoms with van der Waals surface area (Å²) in [4.78, 5) is 26.7. The summed E-state index contributed by atoms with van der Waals surface area (Å²) in [6, 6.07) is 6.64. The van der Waals surface area contributed by atoms with Gasteiger partial charge in [-0.2, -0.15) is 0 Å². The monoisotopic (exact) mass is 454 g/mol. The molecule has 0 bridgehead atoms. The van der Waals surface area contributed by atoms with Crippen LogP contribution in [0.25, 0.3) is 0 Å². The van der Waals surface area contributed by atoms with Crippen LogP contribution in [0.2, 0.25) is 0 Å². The van der Waals surface area contributed by atoms with Crippen molar-refractivity contribution in [2.75, 3.05) is 24.7 Å². The van der Waals surface area contributed by atoms with Crippen molar-refractivity contribution in [3.8, 4) is 0 Å². The lowest BCUT2D eigenvalue weighted by atomic mass is 9.73. The Kier molecular flexibility index (Phi) is 8.45. The minimum atomic E-state index is -0.469. The first kappa shape index (κ1) is 24.3. The Labute approximate surface area is 199 Å². The fraction of sp³-hybridized carbons (Fsp3) is 0.714. The smallest absolute Gasteiger partial charge is 0.304 e. The molecule has 33 heavy (non-hydrogen) atoms. The Balaban J connectivity index is 1.53. The molecule has 1 N–H and O–H groups in total. The van der Waals surface area contributed by atoms with Gasteiger partial charge in [0.05, 0.1) is 11.1 Å². The van der Waals surface area contributed by atoms with Gasteiger partial charge in [-0.15, -0.1) is 0 Å². The first-order valence-electron chi connectivity index (χ1n) is 13.4. The van der Waals surface area contributed by atoms with E-state index in [9.17, 15) is 9.59 Å². The number of rotatable bonds is 4. The molecule has 0 radical (unpaired) electrons. The lowest BCUT2D eigenvalue weighted by molar-refractivity contribution is -0.141. The van der Waals surface area contributed by atoms with Crippen LogP contribution in [-0.4, -0.2) is 31.7 Å². The van der Waals surface area contributed by atoms with Crippen LogP contribution in [0.4, 0.5) is 5.69 Å². The van der Waals surface area contributed by atoms with Crippen LogP contribution in [0.15, 0.2) is 18.2 Å². The Morgan fingerprint density at radius 3 is 2.21 bits per heavy atom. The summed E-state index contributed by atoms with van der Waals surface area (Å²) in [6.45, 7) is 3.10. The number of ether oxygens (including phenoxy) is 1. The molecule has 2 aliphatic heterocycles. The fourth-order valence-electron chi connectivity index (χ4n) is 6.22.